The number of urea groups is 1. The molecule has 2 N–H and O–H groups in total. The zero-order chi connectivity index (χ0) is 25.8. The summed E-state index contributed by atoms with van der Waals surface area (Å²) in [5.74, 6) is 0.605. The van der Waals surface area contributed by atoms with E-state index in [9.17, 15) is 4.79 Å². The number of nitrogens with one attached hydrogen (secondary N) is 2. The van der Waals surface area contributed by atoms with Crippen molar-refractivity contribution < 1.29 is 14.3 Å². The molecule has 1 unspecified atom stereocenters. The zero-order valence-corrected chi connectivity index (χ0v) is 21.3. The molecule has 4 aromatic rings. The molecule has 37 heavy (non-hydrogen) atoms. The van der Waals surface area contributed by atoms with Crippen LogP contribution in [0, 0.1) is 6.92 Å². The number of rotatable bonds is 8. The lowest BCUT2D eigenvalue weighted by Crippen LogP contribution is -2.40. The molecule has 0 spiro atoms. The Morgan fingerprint density at radius 2 is 1.86 bits per heavy atom. The Kier molecular flexibility index (Phi) is 7.34. The van der Waals surface area contributed by atoms with Crippen molar-refractivity contribution in [1.29, 1.82) is 0 Å². The van der Waals surface area contributed by atoms with Gasteiger partial charge in [0.2, 0.25) is 0 Å². The first-order valence-corrected chi connectivity index (χ1v) is 12.4. The highest BCUT2D eigenvalue weighted by atomic mass is 16.5. The van der Waals surface area contributed by atoms with Gasteiger partial charge in [-0.3, -0.25) is 10.00 Å². The third-order valence-electron chi connectivity index (χ3n) is 6.64. The first kappa shape index (κ1) is 24.7. The molecule has 9 heteroatoms. The number of anilines is 1. The maximum Gasteiger partial charge on any atom is 0.320 e. The van der Waals surface area contributed by atoms with Gasteiger partial charge in [0.15, 0.2) is 0 Å². The number of para-hydroxylation sites is 1. The molecule has 0 bridgehead atoms. The third kappa shape index (κ3) is 5.42. The van der Waals surface area contributed by atoms with Gasteiger partial charge in [-0.2, -0.15) is 10.2 Å². The molecule has 3 atom stereocenters. The summed E-state index contributed by atoms with van der Waals surface area (Å²) in [4.78, 5) is 13.4. The van der Waals surface area contributed by atoms with E-state index < -0.39 is 0 Å². The lowest BCUT2D eigenvalue weighted by Gasteiger charge is -2.21. The molecule has 0 aliphatic carbocycles. The molecular formula is C28H32N6O3. The van der Waals surface area contributed by atoms with Gasteiger partial charge in [-0.05, 0) is 37.5 Å². The van der Waals surface area contributed by atoms with E-state index in [1.165, 1.54) is 0 Å². The van der Waals surface area contributed by atoms with Crippen LogP contribution in [-0.2, 0) is 16.5 Å². The molecule has 3 heterocycles. The third-order valence-corrected chi connectivity index (χ3v) is 6.64. The predicted octanol–water partition coefficient (Wildman–Crippen LogP) is 4.64. The average Bonchev–Trinajstić information content (AvgIpc) is 3.61. The van der Waals surface area contributed by atoms with E-state index in [0.29, 0.717) is 18.8 Å². The van der Waals surface area contributed by atoms with Crippen molar-refractivity contribution in [2.24, 2.45) is 7.05 Å². The number of aryl methyl sites for hydroxylation is 1. The summed E-state index contributed by atoms with van der Waals surface area (Å²) in [6, 6.07) is 19.3. The van der Waals surface area contributed by atoms with Crippen LogP contribution in [0.3, 0.4) is 0 Å². The van der Waals surface area contributed by atoms with Crippen molar-refractivity contribution >= 4 is 11.8 Å². The maximum absolute atomic E-state index is 13.4. The number of carbonyl (C=O) groups excluding carboxylic acids is 1. The van der Waals surface area contributed by atoms with Crippen molar-refractivity contribution in [2.75, 3.05) is 19.0 Å². The Morgan fingerprint density at radius 1 is 1.14 bits per heavy atom. The van der Waals surface area contributed by atoms with Gasteiger partial charge >= 0.3 is 6.03 Å². The van der Waals surface area contributed by atoms with E-state index in [1.807, 2.05) is 80.8 Å². The van der Waals surface area contributed by atoms with E-state index in [0.717, 1.165) is 34.5 Å². The molecule has 1 aliphatic heterocycles. The predicted molar refractivity (Wildman–Crippen MR) is 142 cm³/mol. The van der Waals surface area contributed by atoms with Crippen LogP contribution in [0.1, 0.15) is 30.1 Å². The lowest BCUT2D eigenvalue weighted by atomic mass is 10.0. The van der Waals surface area contributed by atoms with Gasteiger partial charge < -0.3 is 14.8 Å². The fourth-order valence-electron chi connectivity index (χ4n) is 4.82. The summed E-state index contributed by atoms with van der Waals surface area (Å²) in [5.41, 5.74) is 4.39. The highest BCUT2D eigenvalue weighted by Gasteiger charge is 2.37. The number of benzene rings is 2. The molecule has 1 saturated heterocycles. The standard InChI is InChI=1S/C28H32N6O3/c1-19-25(21-17-29-33(2)18-21)32-34(22-12-8-5-9-13-22)27(19)31-28(35)30-24-16-23(14-15-36-3)37-26(24)20-10-6-4-7-11-20/h4-13,17-18,23-24,26H,14-16H2,1-3H3,(H2,30,31,35)/t23?,24-,26+/m0/s1. The summed E-state index contributed by atoms with van der Waals surface area (Å²) >= 11 is 0. The van der Waals surface area contributed by atoms with Crippen LogP contribution in [0.5, 0.6) is 0 Å². The van der Waals surface area contributed by atoms with Crippen LogP contribution < -0.4 is 10.6 Å². The van der Waals surface area contributed by atoms with Crippen molar-refractivity contribution in [2.45, 2.75) is 38.0 Å². The Morgan fingerprint density at radius 3 is 2.54 bits per heavy atom. The molecule has 9 nitrogen and oxygen atoms in total. The van der Waals surface area contributed by atoms with E-state index in [2.05, 4.69) is 15.7 Å². The lowest BCUT2D eigenvalue weighted by molar-refractivity contribution is 0.0212. The van der Waals surface area contributed by atoms with E-state index in [1.54, 1.807) is 22.7 Å². The average molecular weight is 501 g/mol. The van der Waals surface area contributed by atoms with Crippen LogP contribution in [0.4, 0.5) is 10.6 Å². The monoisotopic (exact) mass is 500 g/mol. The van der Waals surface area contributed by atoms with Crippen LogP contribution >= 0.6 is 0 Å². The van der Waals surface area contributed by atoms with Crippen LogP contribution in [0.2, 0.25) is 0 Å². The molecule has 5 rings (SSSR count). The summed E-state index contributed by atoms with van der Waals surface area (Å²) in [6.07, 6.45) is 4.93. The number of amides is 2. The second-order valence-electron chi connectivity index (χ2n) is 9.28. The van der Waals surface area contributed by atoms with Gasteiger partial charge in [0.1, 0.15) is 17.6 Å². The summed E-state index contributed by atoms with van der Waals surface area (Å²) in [5, 5.41) is 15.4. The highest BCUT2D eigenvalue weighted by Crippen LogP contribution is 2.35. The van der Waals surface area contributed by atoms with Gasteiger partial charge in [-0.15, -0.1) is 0 Å². The van der Waals surface area contributed by atoms with Gasteiger partial charge in [0, 0.05) is 38.1 Å². The number of hydrogen-bond donors (Lipinski definition) is 2. The molecule has 0 radical (unpaired) electrons. The Hall–Kier alpha value is -3.95. The fraction of sp³-hybridized carbons (Fsp3) is 0.321. The number of methoxy groups -OCH3 is 1. The smallest absolute Gasteiger partial charge is 0.320 e. The van der Waals surface area contributed by atoms with Crippen LogP contribution in [0.25, 0.3) is 16.9 Å². The fourth-order valence-corrected chi connectivity index (χ4v) is 4.82. The van der Waals surface area contributed by atoms with E-state index in [4.69, 9.17) is 14.6 Å². The number of hydrogen-bond acceptors (Lipinski definition) is 5. The molecule has 2 amide bonds. The SMILES string of the molecule is COCCC1C[C@H](NC(=O)Nc2c(C)c(-c3cnn(C)c3)nn2-c2ccccc2)[C@@H](c2ccccc2)O1. The highest BCUT2D eigenvalue weighted by molar-refractivity contribution is 5.91. The first-order valence-electron chi connectivity index (χ1n) is 12.4. The first-order chi connectivity index (χ1) is 18.0. The minimum Gasteiger partial charge on any atom is -0.385 e. The van der Waals surface area contributed by atoms with Crippen molar-refractivity contribution in [3.63, 3.8) is 0 Å². The molecule has 0 saturated carbocycles. The van der Waals surface area contributed by atoms with Gasteiger partial charge in [-0.25, -0.2) is 9.48 Å². The Labute approximate surface area is 216 Å². The number of carbonyl (C=O) groups is 1. The van der Waals surface area contributed by atoms with Crippen molar-refractivity contribution in [3.05, 3.63) is 84.2 Å². The normalized spacial score (nSPS) is 19.2. The summed E-state index contributed by atoms with van der Waals surface area (Å²) < 4.78 is 15.1. The topological polar surface area (TPSA) is 95.2 Å². The second kappa shape index (κ2) is 11.0. The number of nitrogens with zero attached hydrogens (tertiary/aromatic N) is 4. The molecule has 1 fully saturated rings. The van der Waals surface area contributed by atoms with Gasteiger partial charge in [0.05, 0.1) is 24.0 Å². The Balaban J connectivity index is 1.41. The summed E-state index contributed by atoms with van der Waals surface area (Å²) in [7, 11) is 3.55. The van der Waals surface area contributed by atoms with Crippen molar-refractivity contribution in [1.82, 2.24) is 24.9 Å². The largest absolute Gasteiger partial charge is 0.385 e. The molecule has 192 valence electrons. The van der Waals surface area contributed by atoms with Crippen LogP contribution in [0.15, 0.2) is 73.1 Å². The van der Waals surface area contributed by atoms with Gasteiger partial charge in [0.25, 0.3) is 0 Å². The Bertz CT molecular complexity index is 1330. The van der Waals surface area contributed by atoms with Gasteiger partial charge in [-0.1, -0.05) is 48.5 Å². The maximum atomic E-state index is 13.4. The van der Waals surface area contributed by atoms with E-state index >= 15 is 0 Å². The second-order valence-corrected chi connectivity index (χ2v) is 9.28. The van der Waals surface area contributed by atoms with E-state index in [-0.39, 0.29) is 24.3 Å². The minimum atomic E-state index is -0.306. The zero-order valence-electron chi connectivity index (χ0n) is 21.3. The van der Waals surface area contributed by atoms with Crippen LogP contribution in [-0.4, -0.2) is 51.5 Å². The molecule has 2 aromatic carbocycles. The summed E-state index contributed by atoms with van der Waals surface area (Å²) in [6.45, 7) is 2.56. The number of ether oxygens (including phenoxy) is 2. The quantitative estimate of drug-likeness (QED) is 0.368. The number of aromatic nitrogens is 4. The molecule has 1 aliphatic rings. The minimum absolute atomic E-state index is 0.00391. The molecule has 2 aromatic heterocycles. The molecular weight excluding hydrogens is 468 g/mol. The van der Waals surface area contributed by atoms with Crippen molar-refractivity contribution in [3.8, 4) is 16.9 Å².